The van der Waals surface area contributed by atoms with Gasteiger partial charge in [-0.2, -0.15) is 0 Å². The summed E-state index contributed by atoms with van der Waals surface area (Å²) in [5, 5.41) is 0. The SMILES string of the molecule is CCC(C)N(/C=C/C1COC2(CCC(C(C)(C)CC(C)(C)C)CC2)O1)CC. The first-order chi connectivity index (χ1) is 12.5. The van der Waals surface area contributed by atoms with E-state index >= 15 is 0 Å². The van der Waals surface area contributed by atoms with Crippen LogP contribution in [0.1, 0.15) is 93.9 Å². The minimum Gasteiger partial charge on any atom is -0.375 e. The summed E-state index contributed by atoms with van der Waals surface area (Å²) in [5.74, 6) is 0.446. The molecule has 2 unspecified atom stereocenters. The van der Waals surface area contributed by atoms with Crippen LogP contribution in [0.4, 0.5) is 0 Å². The molecule has 1 spiro atoms. The number of ether oxygens (including phenoxy) is 2. The van der Waals surface area contributed by atoms with Crippen LogP contribution in [0.25, 0.3) is 0 Å². The van der Waals surface area contributed by atoms with E-state index in [0.29, 0.717) is 23.5 Å². The highest BCUT2D eigenvalue weighted by molar-refractivity contribution is 4.97. The molecule has 1 aliphatic carbocycles. The maximum absolute atomic E-state index is 6.42. The molecule has 2 aliphatic rings. The van der Waals surface area contributed by atoms with Crippen molar-refractivity contribution in [2.24, 2.45) is 16.7 Å². The molecule has 27 heavy (non-hydrogen) atoms. The van der Waals surface area contributed by atoms with Crippen LogP contribution in [-0.4, -0.2) is 36.0 Å². The van der Waals surface area contributed by atoms with Crippen LogP contribution < -0.4 is 0 Å². The average Bonchev–Trinajstić information content (AvgIpc) is 2.96. The Balaban J connectivity index is 1.88. The van der Waals surface area contributed by atoms with E-state index in [9.17, 15) is 0 Å². The van der Waals surface area contributed by atoms with E-state index in [0.717, 1.165) is 31.7 Å². The number of nitrogens with zero attached hydrogens (tertiary/aromatic N) is 1. The van der Waals surface area contributed by atoms with Crippen molar-refractivity contribution in [2.75, 3.05) is 13.2 Å². The van der Waals surface area contributed by atoms with E-state index in [1.165, 1.54) is 19.3 Å². The van der Waals surface area contributed by atoms with Crippen LogP contribution >= 0.6 is 0 Å². The summed E-state index contributed by atoms with van der Waals surface area (Å²) < 4.78 is 12.6. The van der Waals surface area contributed by atoms with E-state index in [1.54, 1.807) is 0 Å². The normalized spacial score (nSPS) is 31.0. The first kappa shape index (κ1) is 22.7. The van der Waals surface area contributed by atoms with Gasteiger partial charge in [0.05, 0.1) is 6.61 Å². The molecule has 1 heterocycles. The summed E-state index contributed by atoms with van der Waals surface area (Å²) in [6.07, 6.45) is 11.5. The smallest absolute Gasteiger partial charge is 0.169 e. The van der Waals surface area contributed by atoms with E-state index in [4.69, 9.17) is 9.47 Å². The molecule has 0 bridgehead atoms. The Bertz CT molecular complexity index is 483. The zero-order valence-corrected chi connectivity index (χ0v) is 19.3. The molecule has 0 aromatic heterocycles. The summed E-state index contributed by atoms with van der Waals surface area (Å²) in [6.45, 7) is 20.5. The van der Waals surface area contributed by atoms with Gasteiger partial charge in [0.2, 0.25) is 0 Å². The predicted molar refractivity (Wildman–Crippen MR) is 115 cm³/mol. The van der Waals surface area contributed by atoms with Crippen LogP contribution in [0.15, 0.2) is 12.3 Å². The number of hydrogen-bond acceptors (Lipinski definition) is 3. The van der Waals surface area contributed by atoms with Gasteiger partial charge in [-0.3, -0.25) is 0 Å². The fourth-order valence-corrected chi connectivity index (χ4v) is 5.29. The van der Waals surface area contributed by atoms with Crippen LogP contribution in [-0.2, 0) is 9.47 Å². The predicted octanol–water partition coefficient (Wildman–Crippen LogP) is 6.38. The van der Waals surface area contributed by atoms with Crippen LogP contribution in [0, 0.1) is 16.7 Å². The van der Waals surface area contributed by atoms with Gasteiger partial charge in [-0.25, -0.2) is 0 Å². The molecule has 2 fully saturated rings. The second kappa shape index (κ2) is 8.86. The van der Waals surface area contributed by atoms with E-state index in [1.807, 2.05) is 0 Å². The van der Waals surface area contributed by atoms with E-state index in [-0.39, 0.29) is 11.9 Å². The topological polar surface area (TPSA) is 21.7 Å². The highest BCUT2D eigenvalue weighted by Crippen LogP contribution is 2.49. The fourth-order valence-electron chi connectivity index (χ4n) is 5.29. The Morgan fingerprint density at radius 2 is 1.74 bits per heavy atom. The van der Waals surface area contributed by atoms with Crippen molar-refractivity contribution in [3.63, 3.8) is 0 Å². The largest absolute Gasteiger partial charge is 0.375 e. The molecular weight excluding hydrogens is 334 g/mol. The lowest BCUT2D eigenvalue weighted by Crippen LogP contribution is -2.40. The molecule has 1 saturated heterocycles. The van der Waals surface area contributed by atoms with E-state index < -0.39 is 0 Å². The Morgan fingerprint density at radius 1 is 1.11 bits per heavy atom. The molecule has 0 N–H and O–H groups in total. The molecule has 3 heteroatoms. The van der Waals surface area contributed by atoms with Crippen molar-refractivity contribution in [2.45, 2.75) is 112 Å². The summed E-state index contributed by atoms with van der Waals surface area (Å²) in [6, 6.07) is 0.572. The second-order valence-corrected chi connectivity index (χ2v) is 10.8. The molecule has 1 aliphatic heterocycles. The van der Waals surface area contributed by atoms with Gasteiger partial charge >= 0.3 is 0 Å². The van der Waals surface area contributed by atoms with Gasteiger partial charge in [0.1, 0.15) is 6.10 Å². The fraction of sp³-hybridized carbons (Fsp3) is 0.917. The minimum atomic E-state index is -0.323. The Hall–Kier alpha value is -0.540. The highest BCUT2D eigenvalue weighted by Gasteiger charge is 2.46. The Morgan fingerprint density at radius 3 is 2.26 bits per heavy atom. The Labute approximate surface area is 168 Å². The van der Waals surface area contributed by atoms with E-state index in [2.05, 4.69) is 72.6 Å². The third kappa shape index (κ3) is 6.22. The van der Waals surface area contributed by atoms with Gasteiger partial charge in [-0.05, 0) is 68.6 Å². The van der Waals surface area contributed by atoms with Crippen LogP contribution in [0.3, 0.4) is 0 Å². The summed E-state index contributed by atoms with van der Waals surface area (Å²) >= 11 is 0. The lowest BCUT2D eigenvalue weighted by Gasteiger charge is -2.44. The lowest BCUT2D eigenvalue weighted by atomic mass is 9.64. The number of rotatable bonds is 7. The lowest BCUT2D eigenvalue weighted by molar-refractivity contribution is -0.194. The molecule has 3 nitrogen and oxygen atoms in total. The molecular formula is C24H45NO2. The van der Waals surface area contributed by atoms with Gasteiger partial charge in [0, 0.05) is 25.4 Å². The number of hydrogen-bond donors (Lipinski definition) is 0. The third-order valence-electron chi connectivity index (χ3n) is 6.73. The van der Waals surface area contributed by atoms with Crippen molar-refractivity contribution in [1.29, 1.82) is 0 Å². The first-order valence-corrected chi connectivity index (χ1v) is 11.3. The summed E-state index contributed by atoms with van der Waals surface area (Å²) in [4.78, 5) is 2.39. The summed E-state index contributed by atoms with van der Waals surface area (Å²) in [7, 11) is 0. The maximum atomic E-state index is 6.42. The summed E-state index contributed by atoms with van der Waals surface area (Å²) in [5.41, 5.74) is 0.769. The zero-order chi connectivity index (χ0) is 20.3. The van der Waals surface area contributed by atoms with Crippen molar-refractivity contribution < 1.29 is 9.47 Å². The van der Waals surface area contributed by atoms with Crippen molar-refractivity contribution in [1.82, 2.24) is 4.90 Å². The molecule has 0 aromatic rings. The monoisotopic (exact) mass is 379 g/mol. The standard InChI is InChI=1S/C24H45NO2/c1-9-19(3)25(10-2)16-13-21-17-26-24(27-21)14-11-20(12-15-24)23(7,8)18-22(4,5)6/h13,16,19-21H,9-12,14-15,17-18H2,1-8H3/b16-13+. The highest BCUT2D eigenvalue weighted by atomic mass is 16.7. The molecule has 1 saturated carbocycles. The zero-order valence-electron chi connectivity index (χ0n) is 19.3. The quantitative estimate of drug-likeness (QED) is 0.512. The molecule has 2 atom stereocenters. The molecule has 2 rings (SSSR count). The van der Waals surface area contributed by atoms with Crippen molar-refractivity contribution in [3.8, 4) is 0 Å². The first-order valence-electron chi connectivity index (χ1n) is 11.3. The van der Waals surface area contributed by atoms with Crippen molar-refractivity contribution >= 4 is 0 Å². The van der Waals surface area contributed by atoms with Crippen LogP contribution in [0.2, 0.25) is 0 Å². The van der Waals surface area contributed by atoms with Gasteiger partial charge < -0.3 is 14.4 Å². The van der Waals surface area contributed by atoms with Crippen molar-refractivity contribution in [3.05, 3.63) is 12.3 Å². The maximum Gasteiger partial charge on any atom is 0.169 e. The minimum absolute atomic E-state index is 0.0993. The average molecular weight is 380 g/mol. The second-order valence-electron chi connectivity index (χ2n) is 10.8. The third-order valence-corrected chi connectivity index (χ3v) is 6.73. The Kier molecular flexibility index (Phi) is 7.47. The van der Waals surface area contributed by atoms with Gasteiger partial charge in [-0.1, -0.05) is 41.5 Å². The van der Waals surface area contributed by atoms with Gasteiger partial charge in [0.15, 0.2) is 5.79 Å². The van der Waals surface area contributed by atoms with Crippen LogP contribution in [0.5, 0.6) is 0 Å². The van der Waals surface area contributed by atoms with Gasteiger partial charge in [-0.15, -0.1) is 0 Å². The molecule has 0 radical (unpaired) electrons. The molecule has 158 valence electrons. The molecule has 0 aromatic carbocycles. The molecule has 0 amide bonds. The van der Waals surface area contributed by atoms with Gasteiger partial charge in [0.25, 0.3) is 0 Å².